The number of ether oxygens (including phenoxy) is 2. The molecular weight excluding hydrogens is 504 g/mol. The molecule has 0 spiro atoms. The van der Waals surface area contributed by atoms with Gasteiger partial charge in [-0.1, -0.05) is 54.6 Å². The highest BCUT2D eigenvalue weighted by Gasteiger charge is 2.31. The lowest BCUT2D eigenvalue weighted by molar-refractivity contribution is 0.169. The smallest absolute Gasteiger partial charge is 0.253 e. The van der Waals surface area contributed by atoms with Gasteiger partial charge in [-0.15, -0.1) is 5.10 Å². The Hall–Kier alpha value is -4.34. The second-order valence-corrected chi connectivity index (χ2v) is 9.77. The monoisotopic (exact) mass is 538 g/mol. The normalized spacial score (nSPS) is 12.2. The van der Waals surface area contributed by atoms with E-state index >= 15 is 0 Å². The zero-order valence-electron chi connectivity index (χ0n) is 23.1. The number of rotatable bonds is 12. The van der Waals surface area contributed by atoms with Gasteiger partial charge in [-0.2, -0.15) is 0 Å². The van der Waals surface area contributed by atoms with Crippen LogP contribution in [-0.4, -0.2) is 50.4 Å². The quantitative estimate of drug-likeness (QED) is 0.247. The van der Waals surface area contributed by atoms with E-state index in [0.29, 0.717) is 44.2 Å². The molecular formula is C31H34N6O3. The predicted molar refractivity (Wildman–Crippen MR) is 154 cm³/mol. The molecule has 5 aromatic rings. The molecule has 0 fully saturated rings. The molecule has 2 aromatic heterocycles. The maximum Gasteiger partial charge on any atom is 0.253 e. The highest BCUT2D eigenvalue weighted by atomic mass is 16.5. The van der Waals surface area contributed by atoms with Crippen molar-refractivity contribution in [3.05, 3.63) is 117 Å². The van der Waals surface area contributed by atoms with Gasteiger partial charge in [-0.25, -0.2) is 4.68 Å². The number of methoxy groups -OCH3 is 1. The van der Waals surface area contributed by atoms with Crippen molar-refractivity contribution >= 4 is 10.9 Å². The number of nitrogens with zero attached hydrogens (tertiary/aromatic N) is 5. The number of aromatic amines is 1. The number of tetrazole rings is 1. The van der Waals surface area contributed by atoms with Crippen molar-refractivity contribution in [3.63, 3.8) is 0 Å². The van der Waals surface area contributed by atoms with E-state index < -0.39 is 6.04 Å². The highest BCUT2D eigenvalue weighted by molar-refractivity contribution is 5.79. The van der Waals surface area contributed by atoms with Crippen LogP contribution in [-0.2, 0) is 24.4 Å². The topological polar surface area (TPSA) is 98.2 Å². The Morgan fingerprint density at radius 2 is 1.73 bits per heavy atom. The van der Waals surface area contributed by atoms with E-state index in [1.165, 1.54) is 0 Å². The van der Waals surface area contributed by atoms with Gasteiger partial charge < -0.3 is 14.5 Å². The molecule has 0 amide bonds. The van der Waals surface area contributed by atoms with E-state index in [4.69, 9.17) is 9.47 Å². The number of nitrogens with one attached hydrogen (secondary N) is 1. The number of H-pyrrole nitrogens is 1. The molecule has 0 bridgehead atoms. The van der Waals surface area contributed by atoms with Gasteiger partial charge in [0.15, 0.2) is 5.82 Å². The largest absolute Gasteiger partial charge is 0.494 e. The first-order valence-corrected chi connectivity index (χ1v) is 13.4. The van der Waals surface area contributed by atoms with Crippen LogP contribution in [0.2, 0.25) is 0 Å². The summed E-state index contributed by atoms with van der Waals surface area (Å²) in [5.41, 5.74) is 4.47. The van der Waals surface area contributed by atoms with Gasteiger partial charge in [-0.3, -0.25) is 9.69 Å². The molecule has 0 aliphatic carbocycles. The summed E-state index contributed by atoms with van der Waals surface area (Å²) in [5, 5.41) is 13.7. The van der Waals surface area contributed by atoms with E-state index in [-0.39, 0.29) is 5.56 Å². The van der Waals surface area contributed by atoms with E-state index in [9.17, 15) is 4.79 Å². The molecule has 5 rings (SSSR count). The van der Waals surface area contributed by atoms with Crippen LogP contribution in [0.4, 0.5) is 0 Å². The summed E-state index contributed by atoms with van der Waals surface area (Å²) < 4.78 is 12.7. The van der Waals surface area contributed by atoms with Gasteiger partial charge >= 0.3 is 0 Å². The zero-order chi connectivity index (χ0) is 27.9. The maximum absolute atomic E-state index is 13.7. The highest BCUT2D eigenvalue weighted by Crippen LogP contribution is 2.30. The summed E-state index contributed by atoms with van der Waals surface area (Å²) in [6.07, 6.45) is 0. The average molecular weight is 539 g/mol. The molecule has 0 unspecified atom stereocenters. The predicted octanol–water partition coefficient (Wildman–Crippen LogP) is 4.66. The first-order chi connectivity index (χ1) is 19.6. The van der Waals surface area contributed by atoms with Crippen LogP contribution >= 0.6 is 0 Å². The number of aryl methyl sites for hydroxylation is 1. The summed E-state index contributed by atoms with van der Waals surface area (Å²) >= 11 is 0. The molecule has 1 N–H and O–H groups in total. The molecule has 0 aliphatic heterocycles. The van der Waals surface area contributed by atoms with Crippen molar-refractivity contribution < 1.29 is 9.47 Å². The van der Waals surface area contributed by atoms with Gasteiger partial charge in [-0.05, 0) is 70.6 Å². The first-order valence-electron chi connectivity index (χ1n) is 13.4. The maximum atomic E-state index is 13.7. The lowest BCUT2D eigenvalue weighted by Gasteiger charge is -2.31. The fourth-order valence-electron chi connectivity index (χ4n) is 4.93. The van der Waals surface area contributed by atoms with E-state index in [1.54, 1.807) is 11.8 Å². The van der Waals surface area contributed by atoms with Gasteiger partial charge in [0.05, 0.1) is 19.8 Å². The third-order valence-corrected chi connectivity index (χ3v) is 6.85. The fraction of sp³-hybridized carbons (Fsp3) is 0.290. The summed E-state index contributed by atoms with van der Waals surface area (Å²) in [7, 11) is 1.64. The number of hydrogen-bond acceptors (Lipinski definition) is 7. The Morgan fingerprint density at radius 3 is 2.45 bits per heavy atom. The van der Waals surface area contributed by atoms with Crippen LogP contribution < -0.4 is 10.3 Å². The molecule has 3 aromatic carbocycles. The molecule has 0 aliphatic rings. The van der Waals surface area contributed by atoms with Crippen molar-refractivity contribution in [1.82, 2.24) is 30.1 Å². The Kier molecular flexibility index (Phi) is 8.63. The molecule has 9 nitrogen and oxygen atoms in total. The van der Waals surface area contributed by atoms with Crippen molar-refractivity contribution in [2.45, 2.75) is 39.5 Å². The molecule has 0 saturated carbocycles. The van der Waals surface area contributed by atoms with Crippen molar-refractivity contribution in [2.75, 3.05) is 20.3 Å². The number of hydrogen-bond donors (Lipinski definition) is 1. The lowest BCUT2D eigenvalue weighted by atomic mass is 10.0. The molecule has 0 saturated heterocycles. The summed E-state index contributed by atoms with van der Waals surface area (Å²) in [6.45, 7) is 6.61. The van der Waals surface area contributed by atoms with Gasteiger partial charge in [0, 0.05) is 31.3 Å². The van der Waals surface area contributed by atoms with Crippen LogP contribution in [0.15, 0.2) is 83.7 Å². The first kappa shape index (κ1) is 27.2. The summed E-state index contributed by atoms with van der Waals surface area (Å²) in [4.78, 5) is 19.1. The molecule has 206 valence electrons. The molecule has 1 atom stereocenters. The van der Waals surface area contributed by atoms with E-state index in [0.717, 1.165) is 33.3 Å². The van der Waals surface area contributed by atoms with Crippen molar-refractivity contribution in [3.8, 4) is 5.75 Å². The molecule has 40 heavy (non-hydrogen) atoms. The van der Waals surface area contributed by atoms with Gasteiger partial charge in [0.25, 0.3) is 5.56 Å². The molecule has 9 heteroatoms. The summed E-state index contributed by atoms with van der Waals surface area (Å²) in [6, 6.07) is 25.8. The van der Waals surface area contributed by atoms with Crippen molar-refractivity contribution in [1.29, 1.82) is 0 Å². The minimum Gasteiger partial charge on any atom is -0.494 e. The van der Waals surface area contributed by atoms with Crippen molar-refractivity contribution in [2.24, 2.45) is 0 Å². The average Bonchev–Trinajstić information content (AvgIpc) is 3.42. The molecule has 0 radical (unpaired) electrons. The van der Waals surface area contributed by atoms with Crippen LogP contribution in [0.25, 0.3) is 10.9 Å². The van der Waals surface area contributed by atoms with Crippen LogP contribution in [0.3, 0.4) is 0 Å². The Morgan fingerprint density at radius 1 is 0.975 bits per heavy atom. The van der Waals surface area contributed by atoms with E-state index in [1.807, 2.05) is 68.4 Å². The standard InChI is InChI=1S/C31H34N6O3/c1-4-40-26-14-11-24(12-15-26)21-36(20-23-8-6-5-7-9-23)29(30-33-34-35-37(30)16-17-39-3)27-19-25-13-10-22(2)18-28(25)32-31(27)38/h5-15,18-19,29H,4,16-17,20-21H2,1-3H3,(H,32,38)/t29-/m0/s1. The minimum absolute atomic E-state index is 0.172. The minimum atomic E-state index is -0.534. The third-order valence-electron chi connectivity index (χ3n) is 6.85. The van der Waals surface area contributed by atoms with E-state index in [2.05, 4.69) is 49.7 Å². The summed E-state index contributed by atoms with van der Waals surface area (Å²) in [5.74, 6) is 1.40. The number of benzene rings is 3. The Balaban J connectivity index is 1.65. The SMILES string of the molecule is CCOc1ccc(CN(Cc2ccccc2)[C@@H](c2cc3ccc(C)cc3[nH]c2=O)c2nnnn2CCOC)cc1. The lowest BCUT2D eigenvalue weighted by Crippen LogP contribution is -2.35. The van der Waals surface area contributed by atoms with Crippen LogP contribution in [0.5, 0.6) is 5.75 Å². The third kappa shape index (κ3) is 6.27. The zero-order valence-corrected chi connectivity index (χ0v) is 23.1. The Bertz CT molecular complexity index is 1600. The Labute approximate surface area is 233 Å². The van der Waals surface area contributed by atoms with Crippen LogP contribution in [0.1, 0.15) is 41.0 Å². The van der Waals surface area contributed by atoms with Gasteiger partial charge in [0.1, 0.15) is 11.8 Å². The second-order valence-electron chi connectivity index (χ2n) is 9.77. The fourth-order valence-corrected chi connectivity index (χ4v) is 4.93. The molecule has 2 heterocycles. The van der Waals surface area contributed by atoms with Crippen LogP contribution in [0, 0.1) is 6.92 Å². The second kappa shape index (κ2) is 12.7. The number of fused-ring (bicyclic) bond motifs is 1. The number of pyridine rings is 1. The number of aromatic nitrogens is 5. The van der Waals surface area contributed by atoms with Gasteiger partial charge in [0.2, 0.25) is 0 Å².